The van der Waals surface area contributed by atoms with Gasteiger partial charge in [0.15, 0.2) is 11.5 Å². The van der Waals surface area contributed by atoms with Gasteiger partial charge in [-0.1, -0.05) is 12.1 Å². The van der Waals surface area contributed by atoms with Gasteiger partial charge < -0.3 is 25.4 Å². The molecular formula is C25H29N7O2. The molecule has 0 aliphatic carbocycles. The van der Waals surface area contributed by atoms with Crippen LogP contribution in [0.15, 0.2) is 42.6 Å². The highest BCUT2D eigenvalue weighted by Crippen LogP contribution is 2.29. The molecule has 0 fully saturated rings. The molecule has 0 atom stereocenters. The number of nitrogens with zero attached hydrogens (tertiary/aromatic N) is 4. The van der Waals surface area contributed by atoms with E-state index in [0.29, 0.717) is 25.0 Å². The van der Waals surface area contributed by atoms with Crippen LogP contribution in [0.1, 0.15) is 16.7 Å². The van der Waals surface area contributed by atoms with Gasteiger partial charge in [0.1, 0.15) is 12.4 Å². The average Bonchev–Trinajstić information content (AvgIpc) is 3.15. The van der Waals surface area contributed by atoms with Gasteiger partial charge in [-0.15, -0.1) is 0 Å². The minimum Gasteiger partial charge on any atom is -0.491 e. The number of ether oxygens (including phenoxy) is 2. The van der Waals surface area contributed by atoms with E-state index in [1.165, 1.54) is 11.1 Å². The van der Waals surface area contributed by atoms with Crippen LogP contribution in [0.2, 0.25) is 0 Å². The lowest BCUT2D eigenvalue weighted by Crippen LogP contribution is -2.23. The molecule has 0 saturated heterocycles. The van der Waals surface area contributed by atoms with Crippen LogP contribution in [-0.2, 0) is 24.8 Å². The average molecular weight is 460 g/mol. The Kier molecular flexibility index (Phi) is 6.29. The second kappa shape index (κ2) is 9.66. The van der Waals surface area contributed by atoms with Crippen molar-refractivity contribution >= 4 is 34.2 Å². The Balaban J connectivity index is 1.37. The molecule has 0 radical (unpaired) electrons. The normalized spacial score (nSPS) is 13.0. The van der Waals surface area contributed by atoms with Crippen molar-refractivity contribution in [1.29, 1.82) is 0 Å². The first-order valence-corrected chi connectivity index (χ1v) is 11.4. The second-order valence-electron chi connectivity index (χ2n) is 8.38. The van der Waals surface area contributed by atoms with Crippen molar-refractivity contribution in [3.63, 3.8) is 0 Å². The molecule has 34 heavy (non-hydrogen) atoms. The summed E-state index contributed by atoms with van der Waals surface area (Å²) < 4.78 is 12.6. The quantitative estimate of drug-likeness (QED) is 0.342. The molecule has 1 aliphatic rings. The number of nitrogens with one attached hydrogen (secondary N) is 3. The highest BCUT2D eigenvalue weighted by molar-refractivity contribution is 5.90. The number of aromatic nitrogens is 4. The molecule has 0 unspecified atom stereocenters. The van der Waals surface area contributed by atoms with E-state index in [1.54, 1.807) is 18.0 Å². The predicted octanol–water partition coefficient (Wildman–Crippen LogP) is 3.83. The smallest absolute Gasteiger partial charge is 0.229 e. The van der Waals surface area contributed by atoms with Gasteiger partial charge in [0, 0.05) is 44.3 Å². The predicted molar refractivity (Wildman–Crippen MR) is 133 cm³/mol. The van der Waals surface area contributed by atoms with Gasteiger partial charge in [-0.25, -0.2) is 9.67 Å². The number of fused-ring (bicyclic) bond motifs is 2. The Labute approximate surface area is 198 Å². The van der Waals surface area contributed by atoms with Crippen molar-refractivity contribution in [3.05, 3.63) is 59.3 Å². The van der Waals surface area contributed by atoms with Crippen LogP contribution in [0.5, 0.6) is 5.75 Å². The highest BCUT2D eigenvalue weighted by Gasteiger charge is 2.14. The summed E-state index contributed by atoms with van der Waals surface area (Å²) in [5.41, 5.74) is 6.42. The topological polar surface area (TPSA) is 98.2 Å². The van der Waals surface area contributed by atoms with Gasteiger partial charge in [-0.05, 0) is 54.8 Å². The molecule has 9 heteroatoms. The molecule has 4 aromatic rings. The lowest BCUT2D eigenvalue weighted by Gasteiger charge is -2.18. The fourth-order valence-electron chi connectivity index (χ4n) is 4.07. The second-order valence-corrected chi connectivity index (χ2v) is 8.38. The van der Waals surface area contributed by atoms with Crippen molar-refractivity contribution in [1.82, 2.24) is 25.1 Å². The van der Waals surface area contributed by atoms with Gasteiger partial charge >= 0.3 is 0 Å². The van der Waals surface area contributed by atoms with Crippen molar-refractivity contribution in [2.24, 2.45) is 7.05 Å². The Bertz CT molecular complexity index is 1320. The molecule has 0 amide bonds. The molecule has 2 aromatic carbocycles. The van der Waals surface area contributed by atoms with E-state index in [2.05, 4.69) is 44.2 Å². The van der Waals surface area contributed by atoms with Crippen LogP contribution in [0.3, 0.4) is 0 Å². The van der Waals surface area contributed by atoms with E-state index in [4.69, 9.17) is 14.5 Å². The van der Waals surface area contributed by atoms with Crippen LogP contribution < -0.4 is 20.7 Å². The minimum atomic E-state index is 0.496. The number of methoxy groups -OCH3 is 1. The zero-order valence-corrected chi connectivity index (χ0v) is 19.7. The van der Waals surface area contributed by atoms with Crippen LogP contribution in [0.4, 0.5) is 23.1 Å². The summed E-state index contributed by atoms with van der Waals surface area (Å²) in [4.78, 5) is 9.27. The summed E-state index contributed by atoms with van der Waals surface area (Å²) in [6.45, 7) is 4.99. The maximum absolute atomic E-state index is 5.75. The maximum Gasteiger partial charge on any atom is 0.229 e. The molecule has 3 N–H and O–H groups in total. The first-order chi connectivity index (χ1) is 16.6. The largest absolute Gasteiger partial charge is 0.491 e. The molecular weight excluding hydrogens is 430 g/mol. The zero-order chi connectivity index (χ0) is 23.5. The summed E-state index contributed by atoms with van der Waals surface area (Å²) in [6.07, 6.45) is 2.86. The Morgan fingerprint density at radius 3 is 2.88 bits per heavy atom. The van der Waals surface area contributed by atoms with Crippen LogP contribution >= 0.6 is 0 Å². The van der Waals surface area contributed by atoms with E-state index in [9.17, 15) is 0 Å². The van der Waals surface area contributed by atoms with Crippen LogP contribution in [0.25, 0.3) is 11.0 Å². The molecule has 0 bridgehead atoms. The lowest BCUT2D eigenvalue weighted by molar-refractivity contribution is 0.146. The van der Waals surface area contributed by atoms with Crippen molar-refractivity contribution in [3.8, 4) is 5.75 Å². The maximum atomic E-state index is 5.75. The minimum absolute atomic E-state index is 0.496. The van der Waals surface area contributed by atoms with E-state index in [-0.39, 0.29) is 0 Å². The molecule has 9 nitrogen and oxygen atoms in total. The molecule has 1 aliphatic heterocycles. The number of hydrogen-bond donors (Lipinski definition) is 3. The summed E-state index contributed by atoms with van der Waals surface area (Å²) >= 11 is 0. The van der Waals surface area contributed by atoms with E-state index in [0.717, 1.165) is 53.2 Å². The monoisotopic (exact) mass is 459 g/mol. The highest BCUT2D eigenvalue weighted by atomic mass is 16.5. The Hall–Kier alpha value is -3.69. The van der Waals surface area contributed by atoms with E-state index in [1.807, 2.05) is 32.2 Å². The van der Waals surface area contributed by atoms with Gasteiger partial charge in [0.05, 0.1) is 12.0 Å². The number of hydrogen-bond acceptors (Lipinski definition) is 8. The molecule has 5 rings (SSSR count). The molecule has 176 valence electrons. The third-order valence-electron chi connectivity index (χ3n) is 5.95. The number of rotatable bonds is 8. The van der Waals surface area contributed by atoms with Crippen LogP contribution in [0, 0.1) is 6.92 Å². The summed E-state index contributed by atoms with van der Waals surface area (Å²) in [7, 11) is 3.54. The Morgan fingerprint density at radius 1 is 1.09 bits per heavy atom. The number of anilines is 4. The molecule has 3 heterocycles. The van der Waals surface area contributed by atoms with Gasteiger partial charge in [0.2, 0.25) is 5.95 Å². The Morgan fingerprint density at radius 2 is 2.00 bits per heavy atom. The first kappa shape index (κ1) is 22.1. The van der Waals surface area contributed by atoms with Crippen molar-refractivity contribution < 1.29 is 9.47 Å². The molecule has 0 saturated carbocycles. The lowest BCUT2D eigenvalue weighted by atomic mass is 10.0. The number of benzene rings is 2. The van der Waals surface area contributed by atoms with E-state index >= 15 is 0 Å². The van der Waals surface area contributed by atoms with Crippen molar-refractivity contribution in [2.75, 3.05) is 37.5 Å². The fourth-order valence-corrected chi connectivity index (χ4v) is 4.07. The third kappa shape index (κ3) is 4.66. The van der Waals surface area contributed by atoms with Crippen molar-refractivity contribution in [2.45, 2.75) is 19.9 Å². The van der Waals surface area contributed by atoms with Crippen LogP contribution in [-0.4, -0.2) is 46.6 Å². The van der Waals surface area contributed by atoms with E-state index < -0.39 is 0 Å². The standard InChI is InChI=1S/C25H29N7O2/c1-16-4-7-20(34-11-10-33-3)13-22(16)29-23-21-15-27-25(30-24(21)32(2)31-23)28-19-6-5-17-8-9-26-14-18(17)12-19/h4-7,12-13,15,26H,8-11,14H2,1-3H3,(H,29,31)(H,27,28,30). The summed E-state index contributed by atoms with van der Waals surface area (Å²) in [5.74, 6) is 2.00. The van der Waals surface area contributed by atoms with Gasteiger partial charge in [-0.3, -0.25) is 0 Å². The van der Waals surface area contributed by atoms with Gasteiger partial charge in [-0.2, -0.15) is 10.1 Å². The zero-order valence-electron chi connectivity index (χ0n) is 19.7. The fraction of sp³-hybridized carbons (Fsp3) is 0.320. The molecule has 2 aromatic heterocycles. The first-order valence-electron chi connectivity index (χ1n) is 11.4. The summed E-state index contributed by atoms with van der Waals surface area (Å²) in [5, 5.41) is 15.7. The third-order valence-corrected chi connectivity index (χ3v) is 5.95. The number of aryl methyl sites for hydroxylation is 2. The SMILES string of the molecule is COCCOc1ccc(C)c(Nc2nn(C)c3nc(Nc4ccc5c(c4)CNCC5)ncc23)c1. The van der Waals surface area contributed by atoms with Gasteiger partial charge in [0.25, 0.3) is 0 Å². The molecule has 0 spiro atoms. The summed E-state index contributed by atoms with van der Waals surface area (Å²) in [6, 6.07) is 12.4.